The van der Waals surface area contributed by atoms with Crippen LogP contribution in [-0.2, 0) is 133 Å². The van der Waals surface area contributed by atoms with Crippen LogP contribution in [0.4, 0.5) is 0 Å². The highest BCUT2D eigenvalue weighted by atomic mass is 16.8. The minimum absolute atomic E-state index is 0.855. The maximum atomic E-state index is 13.5. The Bertz CT molecular complexity index is 4130. The number of ether oxygens (including phenoxy) is 23. The molecule has 0 bridgehead atoms. The maximum absolute atomic E-state index is 13.5. The average molecular weight is 2170 g/mol. The smallest absolute Gasteiger partial charge is 0.217 e. The number of nitrogens with one attached hydrogen (secondary N) is 5. The predicted octanol–water partition coefficient (Wildman–Crippen LogP) is -26.4. The first-order valence-electron chi connectivity index (χ1n) is 47.2. The Morgan fingerprint density at radius 2 is 0.378 bits per heavy atom. The van der Waals surface area contributed by atoms with Gasteiger partial charge in [-0.25, -0.2) is 0 Å². The molecule has 0 aliphatic carbocycles. The molecule has 148 heavy (non-hydrogen) atoms. The molecule has 0 spiro atoms. The summed E-state index contributed by atoms with van der Waals surface area (Å²) in [4.78, 5) is 65.7. The molecule has 66 nitrogen and oxygen atoms in total. The van der Waals surface area contributed by atoms with Gasteiger partial charge in [-0.05, 0) is 0 Å². The molecule has 12 aliphatic heterocycles. The number of carbonyl (C=O) groups excluding carboxylic acids is 5. The summed E-state index contributed by atoms with van der Waals surface area (Å²) in [7, 11) is 0. The lowest BCUT2D eigenvalue weighted by atomic mass is 9.93. The molecule has 12 aliphatic rings. The summed E-state index contributed by atoms with van der Waals surface area (Å²) >= 11 is 0. The van der Waals surface area contributed by atoms with Gasteiger partial charge < -0.3 is 304 Å². The van der Waals surface area contributed by atoms with Crippen LogP contribution in [-0.4, -0.2) is 645 Å². The normalized spacial score (nSPS) is 49.3. The highest BCUT2D eigenvalue weighted by molar-refractivity contribution is 5.75. The molecule has 12 saturated heterocycles. The van der Waals surface area contributed by atoms with E-state index in [1.165, 1.54) is 0 Å². The fourth-order valence-electron chi connectivity index (χ4n) is 19.2. The fraction of sp³-hybridized carbons (Fsp3) is 0.939. The van der Waals surface area contributed by atoms with Crippen LogP contribution in [0.15, 0.2) is 0 Å². The third kappa shape index (κ3) is 26.9. The molecule has 12 fully saturated rings. The lowest BCUT2D eigenvalue weighted by Gasteiger charge is -2.52. The van der Waals surface area contributed by atoms with E-state index in [0.29, 0.717) is 0 Å². The quantitative estimate of drug-likeness (QED) is 0.0272. The van der Waals surface area contributed by atoms with Crippen molar-refractivity contribution in [3.8, 4) is 0 Å². The van der Waals surface area contributed by atoms with Gasteiger partial charge in [-0.15, -0.1) is 0 Å². The van der Waals surface area contributed by atoms with Crippen LogP contribution in [0.25, 0.3) is 0 Å². The van der Waals surface area contributed by atoms with Gasteiger partial charge in [0.25, 0.3) is 0 Å². The molecular weight excluding hydrogens is 2030 g/mol. The first-order valence-corrected chi connectivity index (χ1v) is 47.2. The summed E-state index contributed by atoms with van der Waals surface area (Å²) in [6.45, 7) is -9.77. The minimum Gasteiger partial charge on any atom is -0.394 e. The van der Waals surface area contributed by atoms with Crippen molar-refractivity contribution in [2.75, 3.05) is 79.3 Å². The van der Waals surface area contributed by atoms with Crippen molar-refractivity contribution in [3.63, 3.8) is 0 Å². The first-order chi connectivity index (χ1) is 70.1. The lowest BCUT2D eigenvalue weighted by Crippen LogP contribution is -2.71. The number of aliphatic hydroxyl groups is 33. The highest BCUT2D eigenvalue weighted by Gasteiger charge is 2.64. The number of rotatable bonds is 39. The third-order valence-electron chi connectivity index (χ3n) is 27.1. The van der Waals surface area contributed by atoms with Gasteiger partial charge in [0.05, 0.1) is 79.3 Å². The Labute approximate surface area is 837 Å². The predicted molar refractivity (Wildman–Crippen MR) is 453 cm³/mol. The van der Waals surface area contributed by atoms with Crippen molar-refractivity contribution in [2.24, 2.45) is 0 Å². The van der Waals surface area contributed by atoms with Crippen molar-refractivity contribution < 1.29 is 301 Å². The Morgan fingerprint density at radius 3 is 0.689 bits per heavy atom. The van der Waals surface area contributed by atoms with Gasteiger partial charge in [0.2, 0.25) is 29.5 Å². The SMILES string of the molecule is CC(=O)N[C@@H]1[C@@H](O)[C@H](O[C@@H]2O[C@H](CO[C@H]3O[C@H](CO[C@@H]4O[C@H](CO)[C@@H](O[C@@H]5O[C@H](CO)[C@@H](O)[C@H](O)[C@H]5O)[C@@H](O)[C@H]4NC(C)=O)[C@@H](O)[C@H](O)[C@@H]3O[C@@H]3O[C@H](CO)[C@@H](O[C@@H]4O[C@H](CO)[C@H](O)[C@H](O)[C@H]4O)[C@H](O)[C@H]3NC(C)=O)[C@@H](O)[C@H](O[C@H]3O[C@H](CO)[C@@H](O[C@@H]4O[C@H](CO)[C@@H](O[C@@H]5O[C@H](CO)[C@H](O)[C@H](O)[C@H]5O)[C@H](O)[C@H]4NC(C)=O)[C@H](O)[C@@H]3O[C@@H]3O[C@H](CO)[C@@H](O[C@@H]4O[C@H](CO)[C@H](O)[C@H](O)[C@H]4O)[C@H](O)[C@H]3NC(C)=O)[C@@H]2O)[C@@H](CO)O[C@H]1O. The summed E-state index contributed by atoms with van der Waals surface area (Å²) in [6.07, 6.45) is -121. The van der Waals surface area contributed by atoms with E-state index in [9.17, 15) is 192 Å². The molecule has 0 radical (unpaired) electrons. The summed E-state index contributed by atoms with van der Waals surface area (Å²) in [5.74, 6) is -5.06. The zero-order chi connectivity index (χ0) is 109. The van der Waals surface area contributed by atoms with Crippen LogP contribution in [0.2, 0.25) is 0 Å². The fourth-order valence-corrected chi connectivity index (χ4v) is 19.2. The number of hydrogen-bond donors (Lipinski definition) is 38. The molecule has 0 aromatic rings. The van der Waals surface area contributed by atoms with Crippen molar-refractivity contribution >= 4 is 29.5 Å². The summed E-state index contributed by atoms with van der Waals surface area (Å²) < 4.78 is 138. The first kappa shape index (κ1) is 122. The zero-order valence-electron chi connectivity index (χ0n) is 79.3. The zero-order valence-corrected chi connectivity index (χ0v) is 79.3. The number of aliphatic hydroxyl groups excluding tert-OH is 33. The molecule has 0 saturated carbocycles. The second kappa shape index (κ2) is 53.4. The van der Waals surface area contributed by atoms with E-state index in [4.69, 9.17) is 109 Å². The van der Waals surface area contributed by atoms with Crippen molar-refractivity contribution in [1.29, 1.82) is 0 Å². The highest BCUT2D eigenvalue weighted by Crippen LogP contribution is 2.43. The largest absolute Gasteiger partial charge is 0.394 e. The van der Waals surface area contributed by atoms with Gasteiger partial charge in [0, 0.05) is 34.6 Å². The van der Waals surface area contributed by atoms with E-state index in [0.717, 1.165) is 34.6 Å². The summed E-state index contributed by atoms with van der Waals surface area (Å²) in [5.41, 5.74) is 0. The minimum atomic E-state index is -2.76. The summed E-state index contributed by atoms with van der Waals surface area (Å²) in [6, 6.07) is -10.1. The molecule has 5 amide bonds. The Morgan fingerprint density at radius 1 is 0.176 bits per heavy atom. The third-order valence-corrected chi connectivity index (χ3v) is 27.1. The van der Waals surface area contributed by atoms with Crippen LogP contribution in [0.3, 0.4) is 0 Å². The van der Waals surface area contributed by atoms with Gasteiger partial charge in [-0.1, -0.05) is 0 Å². The topological polar surface area (TPSA) is 1030 Å². The lowest BCUT2D eigenvalue weighted by molar-refractivity contribution is -0.406. The molecule has 0 aromatic heterocycles. The van der Waals surface area contributed by atoms with Crippen molar-refractivity contribution in [1.82, 2.24) is 26.6 Å². The Kier molecular flexibility index (Phi) is 43.9. The number of carbonyl (C=O) groups is 5. The van der Waals surface area contributed by atoms with Crippen molar-refractivity contribution in [3.05, 3.63) is 0 Å². The van der Waals surface area contributed by atoms with E-state index in [1.807, 2.05) is 0 Å². The van der Waals surface area contributed by atoms with E-state index in [2.05, 4.69) is 26.6 Å². The second-order valence-corrected chi connectivity index (χ2v) is 37.4. The summed E-state index contributed by atoms with van der Waals surface area (Å²) in [5, 5.41) is 384. The molecule has 0 aromatic carbocycles. The van der Waals surface area contributed by atoms with Gasteiger partial charge in [-0.3, -0.25) is 24.0 Å². The molecule has 38 N–H and O–H groups in total. The Hall–Kier alpha value is -4.89. The van der Waals surface area contributed by atoms with E-state index in [1.54, 1.807) is 0 Å². The molecule has 12 rings (SSSR count). The molecule has 60 atom stereocenters. The van der Waals surface area contributed by atoms with E-state index in [-0.39, 0.29) is 0 Å². The van der Waals surface area contributed by atoms with E-state index < -0.39 is 477 Å². The van der Waals surface area contributed by atoms with Crippen LogP contribution in [0.1, 0.15) is 34.6 Å². The number of amides is 5. The molecular formula is C82H137N5O61. The molecule has 12 heterocycles. The second-order valence-electron chi connectivity index (χ2n) is 37.4. The molecule has 856 valence electrons. The van der Waals surface area contributed by atoms with Gasteiger partial charge in [-0.2, -0.15) is 0 Å². The van der Waals surface area contributed by atoms with Gasteiger partial charge >= 0.3 is 0 Å². The van der Waals surface area contributed by atoms with Gasteiger partial charge in [0.1, 0.15) is 293 Å². The monoisotopic (exact) mass is 2170 g/mol. The average Bonchev–Trinajstić information content (AvgIpc) is 0.763. The van der Waals surface area contributed by atoms with Gasteiger partial charge in [0.15, 0.2) is 75.5 Å². The van der Waals surface area contributed by atoms with Crippen LogP contribution in [0.5, 0.6) is 0 Å². The number of hydrogen-bond acceptors (Lipinski definition) is 61. The van der Waals surface area contributed by atoms with E-state index >= 15 is 0 Å². The standard InChI is InChI=1S/C82H137N5O61/c1-18(98)83-35-46(109)62(27(10-92)128-71(35)125)145-80-61(124)68(146-82-70(148-75-39(87-22(5)102)50(113)66(31(14-96)136-75)144-79-59(122)54(117)43(106)26(9-91)132-79)60(123)67(32(15-97)137-82)140-73-37(85-20(3)100)48(111)64(29(12-94)134-73)142-77-57(120)52(115)41(104)24(7-89)130-77)45(108)34(138-80)17-127-81-69(147-74-38(86-21(4)101)49(112)65(30(13-95)135-74)143-78-58(121)53(116)42(105)25(8-90)131-78)55(118)44(107)33(139-81)16-126-72-36(84-19(2)99)47(110)63(28(11-93)133-72)141-76-56(119)51(114)40(103)23(6-88)129-76/h23-82,88-97,103-125H,6-17H2,1-5H3,(H,83,98)(H,84,99)(H,85,100)(H,86,101)(H,87,102)/t23-,24-,25-,26-,27-,28-,29-,30-,31-,32-,33-,34-,35-,36-,37-,38-,39-,40-,41+,42+,43+,44-,45-,46-,47+,48-,49-,50-,51+,52+,53+,54+,55+,56-,57-,58-,59-,60+,61+,62-,63-,64-,65-,66-,67-,68+,69+,70+,71-,72-,73+,74+,75+,76+,77+,78+,79+,80+,81+,82-/m1/s1. The van der Waals surface area contributed by atoms with Crippen LogP contribution < -0.4 is 26.6 Å². The van der Waals surface area contributed by atoms with Crippen LogP contribution in [0, 0.1) is 0 Å². The maximum Gasteiger partial charge on any atom is 0.217 e. The molecule has 0 unspecified atom stereocenters. The van der Waals surface area contributed by atoms with Crippen LogP contribution >= 0.6 is 0 Å². The molecule has 66 heteroatoms. The van der Waals surface area contributed by atoms with Crippen molar-refractivity contribution in [2.45, 2.75) is 403 Å². The Balaban J connectivity index is 0.931.